The average molecular weight is 164 g/mol. The summed E-state index contributed by atoms with van der Waals surface area (Å²) in [6.45, 7) is 0. The maximum Gasteiger partial charge on any atom is 0.207 e. The van der Waals surface area contributed by atoms with Crippen molar-refractivity contribution in [3.63, 3.8) is 0 Å². The Morgan fingerprint density at radius 1 is 1.42 bits per heavy atom. The largest absolute Gasteiger partial charge is 0.411 e. The third-order valence-corrected chi connectivity index (χ3v) is 1.37. The highest BCUT2D eigenvalue weighted by atomic mass is 16.4. The first-order valence-electron chi connectivity index (χ1n) is 3.31. The molecule has 0 heterocycles. The summed E-state index contributed by atoms with van der Waals surface area (Å²) in [6, 6.07) is 6.36. The molecule has 1 aromatic carbocycles. The number of hydrogen-bond acceptors (Lipinski definition) is 4. The maximum atomic E-state index is 11.0. The van der Waals surface area contributed by atoms with Crippen molar-refractivity contribution in [2.45, 2.75) is 0 Å². The van der Waals surface area contributed by atoms with Crippen LogP contribution in [0.3, 0.4) is 0 Å². The number of nitrogens with zero attached hydrogens (tertiary/aromatic N) is 1. The van der Waals surface area contributed by atoms with Gasteiger partial charge in [-0.25, -0.2) is 0 Å². The maximum absolute atomic E-state index is 11.0. The van der Waals surface area contributed by atoms with Crippen LogP contribution in [-0.4, -0.2) is 17.2 Å². The lowest BCUT2D eigenvalue weighted by molar-refractivity contribution is 0.106. The molecule has 1 aromatic rings. The topological polar surface area (TPSA) is 75.7 Å². The Bertz CT molecular complexity index is 303. The molecule has 1 rings (SSSR count). The summed E-state index contributed by atoms with van der Waals surface area (Å²) in [5.74, 6) is -0.350. The molecule has 4 heteroatoms. The summed E-state index contributed by atoms with van der Waals surface area (Å²) >= 11 is 0. The van der Waals surface area contributed by atoms with Crippen LogP contribution in [0.1, 0.15) is 10.4 Å². The molecule has 0 amide bonds. The summed E-state index contributed by atoms with van der Waals surface area (Å²) in [5, 5.41) is 10.7. The summed E-state index contributed by atoms with van der Waals surface area (Å²) in [7, 11) is 0. The quantitative estimate of drug-likeness (QED) is 0.224. The lowest BCUT2D eigenvalue weighted by Crippen LogP contribution is -1.99. The number of carbonyl (C=O) groups excluding carboxylic acids is 1. The Kier molecular flexibility index (Phi) is 2.42. The molecule has 0 bridgehead atoms. The van der Waals surface area contributed by atoms with Crippen LogP contribution in [0.5, 0.6) is 0 Å². The van der Waals surface area contributed by atoms with Gasteiger partial charge in [0.1, 0.15) is 6.21 Å². The Balaban J connectivity index is 2.90. The van der Waals surface area contributed by atoms with Gasteiger partial charge >= 0.3 is 0 Å². The molecule has 0 atom stereocenters. The van der Waals surface area contributed by atoms with Crippen LogP contribution < -0.4 is 5.73 Å². The second kappa shape index (κ2) is 3.52. The lowest BCUT2D eigenvalue weighted by atomic mass is 10.1. The number of Topliss-reactive ketones (excluding diaryl/α,β-unsaturated/α-hetero) is 1. The fourth-order valence-corrected chi connectivity index (χ4v) is 0.774. The second-order valence-corrected chi connectivity index (χ2v) is 2.23. The van der Waals surface area contributed by atoms with Crippen LogP contribution in [0.2, 0.25) is 0 Å². The van der Waals surface area contributed by atoms with E-state index in [1.54, 1.807) is 24.3 Å². The number of ketones is 1. The first kappa shape index (κ1) is 8.26. The number of rotatable bonds is 2. The van der Waals surface area contributed by atoms with Gasteiger partial charge in [-0.05, 0) is 24.3 Å². The van der Waals surface area contributed by atoms with E-state index in [1.165, 1.54) is 0 Å². The average Bonchev–Trinajstić information content (AvgIpc) is 2.06. The molecule has 12 heavy (non-hydrogen) atoms. The second-order valence-electron chi connectivity index (χ2n) is 2.23. The fourth-order valence-electron chi connectivity index (χ4n) is 0.774. The van der Waals surface area contributed by atoms with Crippen LogP contribution in [0.15, 0.2) is 29.4 Å². The van der Waals surface area contributed by atoms with Crippen molar-refractivity contribution < 1.29 is 10.0 Å². The molecule has 0 unspecified atom stereocenters. The van der Waals surface area contributed by atoms with E-state index in [-0.39, 0.29) is 5.78 Å². The minimum Gasteiger partial charge on any atom is -0.411 e. The van der Waals surface area contributed by atoms with Gasteiger partial charge in [-0.2, -0.15) is 0 Å². The zero-order chi connectivity index (χ0) is 8.97. The van der Waals surface area contributed by atoms with Gasteiger partial charge in [0.15, 0.2) is 0 Å². The number of nitrogens with two attached hydrogens (primary N) is 1. The molecule has 4 nitrogen and oxygen atoms in total. The molecule has 0 saturated heterocycles. The van der Waals surface area contributed by atoms with E-state index < -0.39 is 0 Å². The third kappa shape index (κ3) is 1.82. The van der Waals surface area contributed by atoms with E-state index in [0.717, 1.165) is 6.21 Å². The molecule has 0 radical (unpaired) electrons. The third-order valence-electron chi connectivity index (χ3n) is 1.37. The number of carbonyl (C=O) groups is 1. The van der Waals surface area contributed by atoms with Gasteiger partial charge in [0.05, 0.1) is 0 Å². The van der Waals surface area contributed by atoms with Gasteiger partial charge in [-0.3, -0.25) is 4.79 Å². The number of oxime groups is 1. The Labute approximate surface area is 69.3 Å². The highest BCUT2D eigenvalue weighted by Crippen LogP contribution is 2.04. The molecule has 62 valence electrons. The molecular formula is C8H8N2O2. The monoisotopic (exact) mass is 164 g/mol. The van der Waals surface area contributed by atoms with E-state index in [0.29, 0.717) is 11.3 Å². The van der Waals surface area contributed by atoms with Crippen molar-refractivity contribution in [2.75, 3.05) is 5.73 Å². The predicted octanol–water partition coefficient (Wildman–Crippen LogP) is 0.912. The zero-order valence-corrected chi connectivity index (χ0v) is 6.27. The number of hydrogen-bond donors (Lipinski definition) is 2. The Morgan fingerprint density at radius 3 is 2.50 bits per heavy atom. The van der Waals surface area contributed by atoms with Gasteiger partial charge in [0, 0.05) is 11.3 Å². The first-order valence-corrected chi connectivity index (χ1v) is 3.31. The number of anilines is 1. The van der Waals surface area contributed by atoms with Crippen LogP contribution in [-0.2, 0) is 0 Å². The SMILES string of the molecule is Nc1ccc(C(=O)C=NO)cc1. The lowest BCUT2D eigenvalue weighted by Gasteiger charge is -1.94. The molecule has 0 fully saturated rings. The minimum atomic E-state index is -0.350. The highest BCUT2D eigenvalue weighted by Gasteiger charge is 2.00. The minimum absolute atomic E-state index is 0.350. The van der Waals surface area contributed by atoms with E-state index in [2.05, 4.69) is 5.16 Å². The smallest absolute Gasteiger partial charge is 0.207 e. The van der Waals surface area contributed by atoms with Crippen molar-refractivity contribution in [1.29, 1.82) is 0 Å². The van der Waals surface area contributed by atoms with Crippen LogP contribution in [0, 0.1) is 0 Å². The van der Waals surface area contributed by atoms with Crippen LogP contribution >= 0.6 is 0 Å². The molecule has 0 aliphatic rings. The summed E-state index contributed by atoms with van der Waals surface area (Å²) in [6.07, 6.45) is 0.839. The molecule has 0 aliphatic heterocycles. The molecule has 3 N–H and O–H groups in total. The first-order chi connectivity index (χ1) is 5.74. The fraction of sp³-hybridized carbons (Fsp3) is 0. The Morgan fingerprint density at radius 2 is 2.00 bits per heavy atom. The van der Waals surface area contributed by atoms with Crippen molar-refractivity contribution in [3.8, 4) is 0 Å². The normalized spacial score (nSPS) is 10.3. The van der Waals surface area contributed by atoms with Crippen molar-refractivity contribution in [2.24, 2.45) is 5.16 Å². The van der Waals surface area contributed by atoms with Crippen LogP contribution in [0.4, 0.5) is 5.69 Å². The van der Waals surface area contributed by atoms with Gasteiger partial charge in [-0.1, -0.05) is 5.16 Å². The predicted molar refractivity (Wildman–Crippen MR) is 45.5 cm³/mol. The molecule has 0 spiro atoms. The van der Waals surface area contributed by atoms with Crippen LogP contribution in [0.25, 0.3) is 0 Å². The van der Waals surface area contributed by atoms with E-state index in [1.807, 2.05) is 0 Å². The van der Waals surface area contributed by atoms with Gasteiger partial charge in [-0.15, -0.1) is 0 Å². The molecule has 0 aliphatic carbocycles. The van der Waals surface area contributed by atoms with Gasteiger partial charge in [0.25, 0.3) is 0 Å². The Hall–Kier alpha value is -1.84. The summed E-state index contributed by atoms with van der Waals surface area (Å²) in [5.41, 5.74) is 6.44. The van der Waals surface area contributed by atoms with Gasteiger partial charge in [0.2, 0.25) is 5.78 Å². The van der Waals surface area contributed by atoms with Crippen molar-refractivity contribution in [3.05, 3.63) is 29.8 Å². The van der Waals surface area contributed by atoms with Gasteiger partial charge < -0.3 is 10.9 Å². The van der Waals surface area contributed by atoms with E-state index in [4.69, 9.17) is 10.9 Å². The number of nitrogen functional groups attached to an aromatic ring is 1. The molecule has 0 aromatic heterocycles. The molecule has 0 saturated carbocycles. The zero-order valence-electron chi connectivity index (χ0n) is 6.27. The van der Waals surface area contributed by atoms with E-state index in [9.17, 15) is 4.79 Å². The number of benzene rings is 1. The van der Waals surface area contributed by atoms with Crippen molar-refractivity contribution in [1.82, 2.24) is 0 Å². The highest BCUT2D eigenvalue weighted by molar-refractivity contribution is 6.35. The van der Waals surface area contributed by atoms with E-state index >= 15 is 0 Å². The van der Waals surface area contributed by atoms with Crippen molar-refractivity contribution >= 4 is 17.7 Å². The standard InChI is InChI=1S/C8H8N2O2/c9-7-3-1-6(2-4-7)8(11)5-10-12/h1-5,12H,9H2. The summed E-state index contributed by atoms with van der Waals surface area (Å²) < 4.78 is 0. The molecular weight excluding hydrogens is 156 g/mol. The summed E-state index contributed by atoms with van der Waals surface area (Å²) in [4.78, 5) is 11.0.